The molecule has 6 heteroatoms. The number of carboxylic acid groups (broad SMARTS) is 1. The number of nitrogens with zero attached hydrogens (tertiary/aromatic N) is 2. The highest BCUT2D eigenvalue weighted by atomic mass is 32.1. The molecule has 5 nitrogen and oxygen atoms in total. The largest absolute Gasteiger partial charge is 0.480 e. The highest BCUT2D eigenvalue weighted by molar-refractivity contribution is 7.03. The minimum Gasteiger partial charge on any atom is -0.480 e. The Balaban J connectivity index is 0.000000162. The molecular formula is C4H7N3O2S. The van der Waals surface area contributed by atoms with Gasteiger partial charge < -0.3 is 10.8 Å². The molecule has 0 bridgehead atoms. The minimum atomic E-state index is -0.968. The molecule has 56 valence electrons. The molecule has 1 aromatic heterocycles. The summed E-state index contributed by atoms with van der Waals surface area (Å²) in [7, 11) is 0. The van der Waals surface area contributed by atoms with E-state index in [1.807, 2.05) is 5.38 Å². The summed E-state index contributed by atoms with van der Waals surface area (Å²) >= 11 is 1.35. The summed E-state index contributed by atoms with van der Waals surface area (Å²) < 4.78 is 3.51. The average molecular weight is 161 g/mol. The van der Waals surface area contributed by atoms with Gasteiger partial charge in [0.25, 0.3) is 0 Å². The lowest BCUT2D eigenvalue weighted by Gasteiger charge is -1.73. The smallest absolute Gasteiger partial charge is 0.317 e. The zero-order valence-electron chi connectivity index (χ0n) is 5.10. The van der Waals surface area contributed by atoms with Crippen molar-refractivity contribution in [2.45, 2.75) is 0 Å². The Bertz CT molecular complexity index is 148. The van der Waals surface area contributed by atoms with Crippen molar-refractivity contribution in [1.29, 1.82) is 0 Å². The van der Waals surface area contributed by atoms with E-state index in [0.717, 1.165) is 0 Å². The number of rotatable bonds is 1. The van der Waals surface area contributed by atoms with Crippen molar-refractivity contribution in [2.75, 3.05) is 6.54 Å². The fraction of sp³-hybridized carbons (Fsp3) is 0.250. The van der Waals surface area contributed by atoms with E-state index >= 15 is 0 Å². The second-order valence-electron chi connectivity index (χ2n) is 1.19. The Hall–Kier alpha value is -1.01. The lowest BCUT2D eigenvalue weighted by molar-refractivity contribution is -0.135. The van der Waals surface area contributed by atoms with Crippen LogP contribution in [0, 0.1) is 0 Å². The fourth-order valence-electron chi connectivity index (χ4n) is 0.136. The topological polar surface area (TPSA) is 89.1 Å². The molecule has 0 aromatic carbocycles. The Morgan fingerprint density at radius 1 is 1.80 bits per heavy atom. The van der Waals surface area contributed by atoms with E-state index in [1.54, 1.807) is 6.20 Å². The molecule has 10 heavy (non-hydrogen) atoms. The van der Waals surface area contributed by atoms with E-state index in [9.17, 15) is 4.79 Å². The van der Waals surface area contributed by atoms with E-state index in [-0.39, 0.29) is 6.54 Å². The van der Waals surface area contributed by atoms with Gasteiger partial charge in [-0.25, -0.2) is 0 Å². The maximum Gasteiger partial charge on any atom is 0.317 e. The number of carbonyl (C=O) groups is 1. The van der Waals surface area contributed by atoms with Crippen LogP contribution >= 0.6 is 11.5 Å². The summed E-state index contributed by atoms with van der Waals surface area (Å²) in [5.41, 5.74) is 4.57. The number of carboxylic acids is 1. The van der Waals surface area contributed by atoms with Crippen molar-refractivity contribution < 1.29 is 9.90 Å². The Labute approximate surface area is 61.7 Å². The highest BCUT2D eigenvalue weighted by Gasteiger charge is 1.81. The molecule has 0 fully saturated rings. The first-order valence-corrected chi connectivity index (χ1v) is 3.24. The molecule has 0 spiro atoms. The molecule has 0 unspecified atom stereocenters. The van der Waals surface area contributed by atoms with E-state index < -0.39 is 5.97 Å². The SMILES string of the molecule is NCC(=O)O.c1csnn1. The maximum absolute atomic E-state index is 9.24. The predicted molar refractivity (Wildman–Crippen MR) is 36.6 cm³/mol. The van der Waals surface area contributed by atoms with Crippen LogP contribution in [0.25, 0.3) is 0 Å². The van der Waals surface area contributed by atoms with Gasteiger partial charge in [0.1, 0.15) is 0 Å². The second-order valence-corrected chi connectivity index (χ2v) is 1.83. The van der Waals surface area contributed by atoms with Crippen LogP contribution < -0.4 is 5.73 Å². The summed E-state index contributed by atoms with van der Waals surface area (Å²) in [5, 5.41) is 12.9. The third-order valence-corrected chi connectivity index (χ3v) is 0.889. The first-order valence-electron chi connectivity index (χ1n) is 2.40. The summed E-state index contributed by atoms with van der Waals surface area (Å²) in [4.78, 5) is 9.24. The summed E-state index contributed by atoms with van der Waals surface area (Å²) in [6.07, 6.45) is 1.66. The fourth-order valence-corrected chi connectivity index (χ4v) is 0.408. The summed E-state index contributed by atoms with van der Waals surface area (Å²) in [6, 6.07) is 0. The third kappa shape index (κ3) is 6.99. The lowest BCUT2D eigenvalue weighted by atomic mass is 10.7. The molecular weight excluding hydrogens is 154 g/mol. The minimum absolute atomic E-state index is 0.278. The summed E-state index contributed by atoms with van der Waals surface area (Å²) in [6.45, 7) is -0.278. The molecule has 0 aliphatic carbocycles. The number of nitrogens with two attached hydrogens (primary N) is 1. The van der Waals surface area contributed by atoms with Gasteiger partial charge in [0.05, 0.1) is 12.7 Å². The van der Waals surface area contributed by atoms with Crippen LogP contribution in [0.5, 0.6) is 0 Å². The first kappa shape index (κ1) is 8.99. The molecule has 1 heterocycles. The molecule has 0 radical (unpaired) electrons. The quantitative estimate of drug-likeness (QED) is 0.583. The number of aromatic nitrogens is 2. The van der Waals surface area contributed by atoms with Gasteiger partial charge in [-0.3, -0.25) is 4.79 Å². The molecule has 3 N–H and O–H groups in total. The van der Waals surface area contributed by atoms with Crippen LogP contribution in [-0.2, 0) is 4.79 Å². The van der Waals surface area contributed by atoms with Gasteiger partial charge in [-0.05, 0) is 11.5 Å². The Morgan fingerprint density at radius 2 is 2.40 bits per heavy atom. The van der Waals surface area contributed by atoms with Crippen molar-refractivity contribution in [3.63, 3.8) is 0 Å². The van der Waals surface area contributed by atoms with E-state index in [2.05, 4.69) is 15.3 Å². The monoisotopic (exact) mass is 161 g/mol. The van der Waals surface area contributed by atoms with Gasteiger partial charge in [0.15, 0.2) is 0 Å². The van der Waals surface area contributed by atoms with Crippen LogP contribution in [0.15, 0.2) is 11.6 Å². The van der Waals surface area contributed by atoms with Gasteiger partial charge in [-0.15, -0.1) is 5.10 Å². The van der Waals surface area contributed by atoms with Gasteiger partial charge in [-0.2, -0.15) is 0 Å². The van der Waals surface area contributed by atoms with E-state index in [4.69, 9.17) is 5.11 Å². The predicted octanol–water partition coefficient (Wildman–Crippen LogP) is -0.432. The molecule has 0 saturated carbocycles. The van der Waals surface area contributed by atoms with Crippen molar-refractivity contribution in [3.8, 4) is 0 Å². The van der Waals surface area contributed by atoms with Crippen LogP contribution in [0.1, 0.15) is 0 Å². The van der Waals surface area contributed by atoms with Gasteiger partial charge in [0, 0.05) is 5.38 Å². The molecule has 0 aliphatic heterocycles. The van der Waals surface area contributed by atoms with Crippen molar-refractivity contribution >= 4 is 17.5 Å². The van der Waals surface area contributed by atoms with Crippen LogP contribution in [0.2, 0.25) is 0 Å². The normalized spacial score (nSPS) is 7.70. The van der Waals surface area contributed by atoms with Gasteiger partial charge >= 0.3 is 5.97 Å². The van der Waals surface area contributed by atoms with Crippen LogP contribution in [0.4, 0.5) is 0 Å². The third-order valence-electron chi connectivity index (χ3n) is 0.457. The maximum atomic E-state index is 9.24. The Morgan fingerprint density at radius 3 is 2.50 bits per heavy atom. The number of hydrogen-bond acceptors (Lipinski definition) is 5. The van der Waals surface area contributed by atoms with E-state index in [0.29, 0.717) is 0 Å². The Kier molecular flexibility index (Phi) is 5.50. The zero-order valence-corrected chi connectivity index (χ0v) is 5.91. The average Bonchev–Trinajstić information content (AvgIpc) is 2.43. The molecule has 0 saturated heterocycles. The van der Waals surface area contributed by atoms with E-state index in [1.165, 1.54) is 11.5 Å². The van der Waals surface area contributed by atoms with Crippen molar-refractivity contribution in [2.24, 2.45) is 5.73 Å². The molecule has 0 atom stereocenters. The molecule has 1 aromatic rings. The van der Waals surface area contributed by atoms with Crippen LogP contribution in [-0.4, -0.2) is 27.2 Å². The van der Waals surface area contributed by atoms with Gasteiger partial charge in [0.2, 0.25) is 0 Å². The first-order chi connectivity index (χ1) is 4.77. The lowest BCUT2D eigenvalue weighted by Crippen LogP contribution is -2.10. The molecule has 0 amide bonds. The molecule has 1 rings (SSSR count). The zero-order chi connectivity index (χ0) is 7.82. The van der Waals surface area contributed by atoms with Crippen LogP contribution in [0.3, 0.4) is 0 Å². The highest BCUT2D eigenvalue weighted by Crippen LogP contribution is 1.78. The van der Waals surface area contributed by atoms with Crippen molar-refractivity contribution in [3.05, 3.63) is 11.6 Å². The number of hydrogen-bond donors (Lipinski definition) is 2. The summed E-state index contributed by atoms with van der Waals surface area (Å²) in [5.74, 6) is -0.968. The van der Waals surface area contributed by atoms with Gasteiger partial charge in [-0.1, -0.05) is 4.49 Å². The number of aliphatic carboxylic acids is 1. The van der Waals surface area contributed by atoms with Crippen molar-refractivity contribution in [1.82, 2.24) is 9.59 Å². The molecule has 0 aliphatic rings. The standard InChI is InChI=1S/C2H2N2S.C2H5NO2/c1-2-5-4-3-1;3-1-2(4)5/h1-2H;1,3H2,(H,4,5). The second kappa shape index (κ2) is 6.12.